The van der Waals surface area contributed by atoms with Crippen LogP contribution in [-0.2, 0) is 0 Å². The van der Waals surface area contributed by atoms with Crippen LogP contribution in [0.5, 0.6) is 5.88 Å². The maximum absolute atomic E-state index is 8.84. The molecule has 0 radical (unpaired) electrons. The van der Waals surface area contributed by atoms with Crippen molar-refractivity contribution in [1.82, 2.24) is 9.97 Å². The standard InChI is InChI=1S/C13H11N3OS/c1-2-17-12-7-13(16-9-15-12)18-11-5-3-4-10(6-11)8-14/h3-7,9H,2H2,1H3. The second kappa shape index (κ2) is 6.03. The summed E-state index contributed by atoms with van der Waals surface area (Å²) < 4.78 is 5.31. The first kappa shape index (κ1) is 12.4. The molecular weight excluding hydrogens is 246 g/mol. The number of nitriles is 1. The molecule has 0 amide bonds. The minimum absolute atomic E-state index is 0.562. The molecular formula is C13H11N3OS. The fraction of sp³-hybridized carbons (Fsp3) is 0.154. The van der Waals surface area contributed by atoms with E-state index in [0.717, 1.165) is 9.92 Å². The normalized spacial score (nSPS) is 9.78. The summed E-state index contributed by atoms with van der Waals surface area (Å²) in [6.45, 7) is 2.48. The molecule has 0 aliphatic heterocycles. The molecule has 90 valence electrons. The zero-order valence-electron chi connectivity index (χ0n) is 9.83. The van der Waals surface area contributed by atoms with Gasteiger partial charge in [-0.15, -0.1) is 0 Å². The van der Waals surface area contributed by atoms with Gasteiger partial charge in [0.2, 0.25) is 5.88 Å². The molecule has 5 heteroatoms. The molecule has 1 aromatic carbocycles. The molecule has 0 N–H and O–H groups in total. The fourth-order valence-corrected chi connectivity index (χ4v) is 2.19. The quantitative estimate of drug-likeness (QED) is 0.788. The van der Waals surface area contributed by atoms with Crippen molar-refractivity contribution in [2.75, 3.05) is 6.61 Å². The zero-order valence-corrected chi connectivity index (χ0v) is 10.6. The van der Waals surface area contributed by atoms with E-state index >= 15 is 0 Å². The van der Waals surface area contributed by atoms with Gasteiger partial charge < -0.3 is 4.74 Å². The summed E-state index contributed by atoms with van der Waals surface area (Å²) >= 11 is 1.47. The molecule has 0 aliphatic rings. The Hall–Kier alpha value is -2.06. The summed E-state index contributed by atoms with van der Waals surface area (Å²) in [5.74, 6) is 0.562. The van der Waals surface area contributed by atoms with E-state index in [2.05, 4.69) is 16.0 Å². The van der Waals surface area contributed by atoms with E-state index in [1.54, 1.807) is 12.1 Å². The van der Waals surface area contributed by atoms with Crippen molar-refractivity contribution in [3.63, 3.8) is 0 Å². The molecule has 1 heterocycles. The second-order valence-electron chi connectivity index (χ2n) is 3.37. The third-order valence-corrected chi connectivity index (χ3v) is 3.02. The molecule has 2 aromatic rings. The molecule has 1 aromatic heterocycles. The van der Waals surface area contributed by atoms with E-state index < -0.39 is 0 Å². The lowest BCUT2D eigenvalue weighted by molar-refractivity contribution is 0.325. The van der Waals surface area contributed by atoms with Crippen LogP contribution in [0.4, 0.5) is 0 Å². The van der Waals surface area contributed by atoms with Crippen LogP contribution >= 0.6 is 11.8 Å². The van der Waals surface area contributed by atoms with Crippen molar-refractivity contribution in [3.8, 4) is 11.9 Å². The second-order valence-corrected chi connectivity index (χ2v) is 4.46. The van der Waals surface area contributed by atoms with Gasteiger partial charge in [0, 0.05) is 11.0 Å². The minimum atomic E-state index is 0.562. The predicted octanol–water partition coefficient (Wildman–Crippen LogP) is 2.90. The first-order valence-electron chi connectivity index (χ1n) is 5.44. The van der Waals surface area contributed by atoms with Gasteiger partial charge in [0.05, 0.1) is 18.2 Å². The summed E-state index contributed by atoms with van der Waals surface area (Å²) in [5, 5.41) is 9.63. The van der Waals surface area contributed by atoms with Crippen LogP contribution in [0.2, 0.25) is 0 Å². The van der Waals surface area contributed by atoms with E-state index in [0.29, 0.717) is 18.1 Å². The van der Waals surface area contributed by atoms with Gasteiger partial charge in [0.15, 0.2) is 0 Å². The lowest BCUT2D eigenvalue weighted by Crippen LogP contribution is -1.95. The first-order chi connectivity index (χ1) is 8.81. The van der Waals surface area contributed by atoms with Crippen molar-refractivity contribution in [2.24, 2.45) is 0 Å². The van der Waals surface area contributed by atoms with Crippen LogP contribution in [0.15, 0.2) is 46.6 Å². The summed E-state index contributed by atoms with van der Waals surface area (Å²) in [7, 11) is 0. The van der Waals surface area contributed by atoms with Crippen LogP contribution in [0.1, 0.15) is 12.5 Å². The topological polar surface area (TPSA) is 58.8 Å². The van der Waals surface area contributed by atoms with Gasteiger partial charge in [-0.2, -0.15) is 5.26 Å². The lowest BCUT2D eigenvalue weighted by atomic mass is 10.2. The molecule has 0 aliphatic carbocycles. The average Bonchev–Trinajstić information content (AvgIpc) is 2.40. The highest BCUT2D eigenvalue weighted by Crippen LogP contribution is 2.27. The molecule has 0 fully saturated rings. The van der Waals surface area contributed by atoms with Crippen molar-refractivity contribution >= 4 is 11.8 Å². The maximum atomic E-state index is 8.84. The van der Waals surface area contributed by atoms with E-state index in [-0.39, 0.29) is 0 Å². The van der Waals surface area contributed by atoms with Gasteiger partial charge in [0.25, 0.3) is 0 Å². The van der Waals surface area contributed by atoms with Crippen molar-refractivity contribution < 1.29 is 4.74 Å². The average molecular weight is 257 g/mol. The van der Waals surface area contributed by atoms with Crippen molar-refractivity contribution in [3.05, 3.63) is 42.2 Å². The van der Waals surface area contributed by atoms with Gasteiger partial charge in [-0.25, -0.2) is 9.97 Å². The molecule has 0 atom stereocenters. The van der Waals surface area contributed by atoms with E-state index in [1.807, 2.05) is 25.1 Å². The fourth-order valence-electron chi connectivity index (χ4n) is 1.36. The minimum Gasteiger partial charge on any atom is -0.478 e. The zero-order chi connectivity index (χ0) is 12.8. The molecule has 0 spiro atoms. The van der Waals surface area contributed by atoms with Crippen LogP contribution in [0.25, 0.3) is 0 Å². The number of ether oxygens (including phenoxy) is 1. The highest BCUT2D eigenvalue weighted by molar-refractivity contribution is 7.99. The number of hydrogen-bond donors (Lipinski definition) is 0. The lowest BCUT2D eigenvalue weighted by Gasteiger charge is -2.04. The Kier molecular flexibility index (Phi) is 4.15. The first-order valence-corrected chi connectivity index (χ1v) is 6.26. The molecule has 18 heavy (non-hydrogen) atoms. The number of hydrogen-bond acceptors (Lipinski definition) is 5. The molecule has 0 bridgehead atoms. The Balaban J connectivity index is 2.18. The predicted molar refractivity (Wildman–Crippen MR) is 68.5 cm³/mol. The van der Waals surface area contributed by atoms with Gasteiger partial charge in [-0.1, -0.05) is 17.8 Å². The number of benzene rings is 1. The smallest absolute Gasteiger partial charge is 0.217 e. The Morgan fingerprint density at radius 2 is 2.22 bits per heavy atom. The number of rotatable bonds is 4. The van der Waals surface area contributed by atoms with Crippen LogP contribution in [0, 0.1) is 11.3 Å². The van der Waals surface area contributed by atoms with Gasteiger partial charge in [-0.05, 0) is 25.1 Å². The van der Waals surface area contributed by atoms with Gasteiger partial charge in [-0.3, -0.25) is 0 Å². The third kappa shape index (κ3) is 3.22. The molecule has 0 saturated carbocycles. The SMILES string of the molecule is CCOc1cc(Sc2cccc(C#N)c2)ncn1. The van der Waals surface area contributed by atoms with Crippen molar-refractivity contribution in [2.45, 2.75) is 16.8 Å². The molecule has 4 nitrogen and oxygen atoms in total. The van der Waals surface area contributed by atoms with Gasteiger partial charge in [0.1, 0.15) is 11.4 Å². The summed E-state index contributed by atoms with van der Waals surface area (Å²) in [4.78, 5) is 9.13. The maximum Gasteiger partial charge on any atom is 0.217 e. The molecule has 2 rings (SSSR count). The largest absolute Gasteiger partial charge is 0.478 e. The Morgan fingerprint density at radius 3 is 3.00 bits per heavy atom. The summed E-state index contributed by atoms with van der Waals surface area (Å²) in [6.07, 6.45) is 1.47. The van der Waals surface area contributed by atoms with Crippen LogP contribution in [-0.4, -0.2) is 16.6 Å². The Labute approximate surface area is 110 Å². The van der Waals surface area contributed by atoms with Crippen molar-refractivity contribution in [1.29, 1.82) is 5.26 Å². The highest BCUT2D eigenvalue weighted by atomic mass is 32.2. The number of nitrogens with zero attached hydrogens (tertiary/aromatic N) is 3. The van der Waals surface area contributed by atoms with Crippen LogP contribution in [0.3, 0.4) is 0 Å². The van der Waals surface area contributed by atoms with Gasteiger partial charge >= 0.3 is 0 Å². The van der Waals surface area contributed by atoms with E-state index in [1.165, 1.54) is 18.1 Å². The highest BCUT2D eigenvalue weighted by Gasteiger charge is 2.02. The summed E-state index contributed by atoms with van der Waals surface area (Å²) in [5.41, 5.74) is 0.638. The number of aromatic nitrogens is 2. The van der Waals surface area contributed by atoms with Crippen LogP contribution < -0.4 is 4.74 Å². The monoisotopic (exact) mass is 257 g/mol. The summed E-state index contributed by atoms with van der Waals surface area (Å²) in [6, 6.07) is 11.3. The third-order valence-electron chi connectivity index (χ3n) is 2.09. The Morgan fingerprint density at radius 1 is 1.33 bits per heavy atom. The van der Waals surface area contributed by atoms with E-state index in [9.17, 15) is 0 Å². The Bertz CT molecular complexity index is 580. The van der Waals surface area contributed by atoms with E-state index in [4.69, 9.17) is 10.00 Å². The molecule has 0 saturated heterocycles. The molecule has 0 unspecified atom stereocenters.